The summed E-state index contributed by atoms with van der Waals surface area (Å²) in [5.74, 6) is -0.397. The molecule has 1 N–H and O–H groups in total. The summed E-state index contributed by atoms with van der Waals surface area (Å²) in [6.07, 6.45) is 1.61. The highest BCUT2D eigenvalue weighted by atomic mass is 19.1. The molecule has 1 aromatic carbocycles. The van der Waals surface area contributed by atoms with Crippen molar-refractivity contribution in [3.05, 3.63) is 47.5 Å². The lowest BCUT2D eigenvalue weighted by Crippen LogP contribution is -2.46. The van der Waals surface area contributed by atoms with Crippen LogP contribution in [0.4, 0.5) is 4.39 Å². The van der Waals surface area contributed by atoms with E-state index < -0.39 is 0 Å². The summed E-state index contributed by atoms with van der Waals surface area (Å²) in [6.45, 7) is 3.33. The molecule has 0 radical (unpaired) electrons. The molecule has 1 saturated heterocycles. The molecule has 2 aromatic rings. The number of nitrogens with zero attached hydrogens (tertiary/aromatic N) is 4. The maximum absolute atomic E-state index is 13.1. The predicted octanol–water partition coefficient (Wildman–Crippen LogP) is 0.511. The molecule has 1 amide bonds. The zero-order chi connectivity index (χ0) is 14.7. The van der Waals surface area contributed by atoms with Gasteiger partial charge in [-0.1, -0.05) is 17.3 Å². The highest BCUT2D eigenvalue weighted by Gasteiger charge is 2.20. The number of nitrogens with one attached hydrogen (secondary N) is 1. The fourth-order valence-electron chi connectivity index (χ4n) is 2.33. The van der Waals surface area contributed by atoms with Crippen molar-refractivity contribution in [1.82, 2.24) is 25.2 Å². The molecule has 0 atom stereocenters. The number of carbonyl (C=O) groups excluding carboxylic acids is 1. The molecule has 0 saturated carbocycles. The number of piperazine rings is 1. The van der Waals surface area contributed by atoms with Gasteiger partial charge in [-0.3, -0.25) is 4.79 Å². The molecular weight excluding hydrogens is 273 g/mol. The van der Waals surface area contributed by atoms with Crippen molar-refractivity contribution in [2.75, 3.05) is 26.2 Å². The quantitative estimate of drug-likeness (QED) is 0.894. The zero-order valence-electron chi connectivity index (χ0n) is 11.5. The Labute approximate surface area is 121 Å². The Kier molecular flexibility index (Phi) is 3.92. The minimum absolute atomic E-state index is 0.109. The molecule has 7 heteroatoms. The summed E-state index contributed by atoms with van der Waals surface area (Å²) in [7, 11) is 0. The molecule has 6 nitrogen and oxygen atoms in total. The van der Waals surface area contributed by atoms with E-state index in [0.717, 1.165) is 18.7 Å². The first-order valence-corrected chi connectivity index (χ1v) is 6.87. The smallest absolute Gasteiger partial charge is 0.276 e. The van der Waals surface area contributed by atoms with Crippen molar-refractivity contribution in [3.8, 4) is 0 Å². The van der Waals surface area contributed by atoms with Gasteiger partial charge in [0.15, 0.2) is 5.69 Å². The van der Waals surface area contributed by atoms with Gasteiger partial charge in [0.2, 0.25) is 0 Å². The monoisotopic (exact) mass is 289 g/mol. The fourth-order valence-corrected chi connectivity index (χ4v) is 2.33. The molecule has 1 aliphatic heterocycles. The Morgan fingerprint density at radius 3 is 2.90 bits per heavy atom. The van der Waals surface area contributed by atoms with Gasteiger partial charge in [0, 0.05) is 26.2 Å². The van der Waals surface area contributed by atoms with E-state index in [0.29, 0.717) is 25.3 Å². The number of rotatable bonds is 3. The van der Waals surface area contributed by atoms with E-state index in [4.69, 9.17) is 0 Å². The maximum Gasteiger partial charge on any atom is 0.276 e. The summed E-state index contributed by atoms with van der Waals surface area (Å²) in [5, 5.41) is 11.0. The molecule has 1 fully saturated rings. The van der Waals surface area contributed by atoms with Gasteiger partial charge in [-0.05, 0) is 17.7 Å². The fraction of sp³-hybridized carbons (Fsp3) is 0.357. The maximum atomic E-state index is 13.1. The summed E-state index contributed by atoms with van der Waals surface area (Å²) < 4.78 is 14.7. The first kappa shape index (κ1) is 13.7. The van der Waals surface area contributed by atoms with Crippen LogP contribution in [0.5, 0.6) is 0 Å². The number of carbonyl (C=O) groups is 1. The van der Waals surface area contributed by atoms with Gasteiger partial charge in [-0.25, -0.2) is 9.07 Å². The topological polar surface area (TPSA) is 63.1 Å². The van der Waals surface area contributed by atoms with E-state index in [1.807, 2.05) is 6.07 Å². The molecule has 110 valence electrons. The van der Waals surface area contributed by atoms with Crippen molar-refractivity contribution in [2.24, 2.45) is 0 Å². The summed E-state index contributed by atoms with van der Waals surface area (Å²) in [5.41, 5.74) is 1.11. The highest BCUT2D eigenvalue weighted by molar-refractivity contribution is 5.92. The van der Waals surface area contributed by atoms with Crippen molar-refractivity contribution >= 4 is 5.91 Å². The molecule has 1 aromatic heterocycles. The minimum atomic E-state index is -0.287. The molecule has 3 rings (SSSR count). The molecule has 2 heterocycles. The Bertz CT molecular complexity index is 636. The Hall–Kier alpha value is -2.28. The van der Waals surface area contributed by atoms with Crippen molar-refractivity contribution in [2.45, 2.75) is 6.54 Å². The minimum Gasteiger partial charge on any atom is -0.335 e. The molecular formula is C14H16FN5O. The first-order chi connectivity index (χ1) is 10.2. The summed E-state index contributed by atoms with van der Waals surface area (Å²) in [4.78, 5) is 14.0. The number of hydrogen-bond donors (Lipinski definition) is 1. The van der Waals surface area contributed by atoms with Crippen LogP contribution in [0.2, 0.25) is 0 Å². The largest absolute Gasteiger partial charge is 0.335 e. The van der Waals surface area contributed by atoms with Crippen LogP contribution in [0.15, 0.2) is 30.5 Å². The van der Waals surface area contributed by atoms with Crippen LogP contribution in [0.25, 0.3) is 0 Å². The van der Waals surface area contributed by atoms with Crippen LogP contribution >= 0.6 is 0 Å². The Morgan fingerprint density at radius 2 is 2.14 bits per heavy atom. The number of halogens is 1. The summed E-state index contributed by atoms with van der Waals surface area (Å²) in [6, 6.07) is 6.29. The molecule has 0 bridgehead atoms. The van der Waals surface area contributed by atoms with Crippen molar-refractivity contribution < 1.29 is 9.18 Å². The lowest BCUT2D eigenvalue weighted by Gasteiger charge is -2.26. The third kappa shape index (κ3) is 3.25. The average Bonchev–Trinajstić information content (AvgIpc) is 2.96. The van der Waals surface area contributed by atoms with E-state index in [9.17, 15) is 9.18 Å². The average molecular weight is 289 g/mol. The lowest BCUT2D eigenvalue weighted by atomic mass is 10.2. The second-order valence-electron chi connectivity index (χ2n) is 4.97. The van der Waals surface area contributed by atoms with Gasteiger partial charge in [-0.15, -0.1) is 5.10 Å². The van der Waals surface area contributed by atoms with Gasteiger partial charge in [-0.2, -0.15) is 0 Å². The predicted molar refractivity (Wildman–Crippen MR) is 74.3 cm³/mol. The van der Waals surface area contributed by atoms with E-state index in [1.54, 1.807) is 21.8 Å². The van der Waals surface area contributed by atoms with E-state index in [-0.39, 0.29) is 11.7 Å². The van der Waals surface area contributed by atoms with Crippen LogP contribution < -0.4 is 5.32 Å². The van der Waals surface area contributed by atoms with Crippen molar-refractivity contribution in [1.29, 1.82) is 0 Å². The normalized spacial score (nSPS) is 15.2. The van der Waals surface area contributed by atoms with Crippen LogP contribution in [0, 0.1) is 5.82 Å². The molecule has 1 aliphatic rings. The van der Waals surface area contributed by atoms with Crippen LogP contribution in [-0.4, -0.2) is 52.0 Å². The van der Waals surface area contributed by atoms with E-state index >= 15 is 0 Å². The third-order valence-electron chi connectivity index (χ3n) is 3.40. The number of benzene rings is 1. The van der Waals surface area contributed by atoms with Gasteiger partial charge in [0.1, 0.15) is 5.82 Å². The standard InChI is InChI=1S/C14H16FN5O/c15-12-3-1-2-11(8-12)9-20-10-13(17-18-20)14(21)19-6-4-16-5-7-19/h1-3,8,10,16H,4-7,9H2. The van der Waals surface area contributed by atoms with Crippen LogP contribution in [-0.2, 0) is 6.54 Å². The van der Waals surface area contributed by atoms with Crippen molar-refractivity contribution in [3.63, 3.8) is 0 Å². The molecule has 0 unspecified atom stereocenters. The van der Waals surface area contributed by atoms with Gasteiger partial charge >= 0.3 is 0 Å². The van der Waals surface area contributed by atoms with E-state index in [2.05, 4.69) is 15.6 Å². The molecule has 0 aliphatic carbocycles. The number of hydrogen-bond acceptors (Lipinski definition) is 4. The van der Waals surface area contributed by atoms with Gasteiger partial charge < -0.3 is 10.2 Å². The Morgan fingerprint density at radius 1 is 1.33 bits per heavy atom. The highest BCUT2D eigenvalue weighted by Crippen LogP contribution is 2.07. The molecule has 0 spiro atoms. The first-order valence-electron chi connectivity index (χ1n) is 6.87. The zero-order valence-corrected chi connectivity index (χ0v) is 11.5. The summed E-state index contributed by atoms with van der Waals surface area (Å²) >= 11 is 0. The Balaban J connectivity index is 1.69. The second-order valence-corrected chi connectivity index (χ2v) is 4.97. The van der Waals surface area contributed by atoms with Crippen LogP contribution in [0.3, 0.4) is 0 Å². The SMILES string of the molecule is O=C(c1cn(Cc2cccc(F)c2)nn1)N1CCNCC1. The number of aromatic nitrogens is 3. The van der Waals surface area contributed by atoms with Gasteiger partial charge in [0.25, 0.3) is 5.91 Å². The van der Waals surface area contributed by atoms with E-state index in [1.165, 1.54) is 12.1 Å². The molecule has 21 heavy (non-hydrogen) atoms. The lowest BCUT2D eigenvalue weighted by molar-refractivity contribution is 0.0729. The second kappa shape index (κ2) is 6.01. The third-order valence-corrected chi connectivity index (χ3v) is 3.40. The van der Waals surface area contributed by atoms with Gasteiger partial charge in [0.05, 0.1) is 12.7 Å². The number of amides is 1. The van der Waals surface area contributed by atoms with Crippen LogP contribution in [0.1, 0.15) is 16.1 Å².